The molecular formula is C28H41N2O9P. The lowest BCUT2D eigenvalue weighted by atomic mass is 10.2. The van der Waals surface area contributed by atoms with Gasteiger partial charge in [0, 0.05) is 12.2 Å². The lowest BCUT2D eigenvalue weighted by Crippen LogP contribution is -2.54. The Kier molecular flexibility index (Phi) is 10.5. The molecule has 1 aromatic rings. The number of carbonyl (C=O) groups is 4. The Morgan fingerprint density at radius 2 is 1.45 bits per heavy atom. The minimum absolute atomic E-state index is 0.124. The molecule has 2 atom stereocenters. The summed E-state index contributed by atoms with van der Waals surface area (Å²) in [4.78, 5) is 53.4. The van der Waals surface area contributed by atoms with Crippen LogP contribution in [0.15, 0.2) is 42.5 Å². The molecule has 0 saturated heterocycles. The maximum absolute atomic E-state index is 13.9. The molecule has 40 heavy (non-hydrogen) atoms. The van der Waals surface area contributed by atoms with E-state index in [4.69, 9.17) is 18.5 Å². The number of amides is 3. The van der Waals surface area contributed by atoms with Crippen molar-refractivity contribution >= 4 is 31.5 Å². The first kappa shape index (κ1) is 33.2. The van der Waals surface area contributed by atoms with Crippen LogP contribution < -0.4 is 0 Å². The molecule has 0 spiro atoms. The molecule has 12 heteroatoms. The molecule has 0 N–H and O–H groups in total. The van der Waals surface area contributed by atoms with Crippen LogP contribution in [0.25, 0.3) is 0 Å². The van der Waals surface area contributed by atoms with Crippen LogP contribution in [0.2, 0.25) is 0 Å². The number of rotatable bonds is 10. The number of esters is 1. The van der Waals surface area contributed by atoms with Crippen molar-refractivity contribution in [1.82, 2.24) is 9.80 Å². The topological polar surface area (TPSA) is 129 Å². The second kappa shape index (κ2) is 12.7. The van der Waals surface area contributed by atoms with Gasteiger partial charge in [0.15, 0.2) is 6.04 Å². The van der Waals surface area contributed by atoms with E-state index in [0.717, 1.165) is 17.1 Å². The zero-order valence-corrected chi connectivity index (χ0v) is 25.7. The highest BCUT2D eigenvalue weighted by atomic mass is 31.2. The molecule has 0 aromatic heterocycles. The standard InChI is InChI=1S/C28H41N2O9P/c1-26(2,3)38-25(34)29(19-37-40(35,28(7,8)9)39-27(4,5)6)17-21(30-22(31)15-16-23(30)32)24(33)36-18-20-13-11-10-12-14-20/h10-16,21H,17-19H2,1-9H3/t21-,40?/m0/s1. The highest BCUT2D eigenvalue weighted by molar-refractivity contribution is 7.55. The second-order valence-electron chi connectivity index (χ2n) is 12.3. The van der Waals surface area contributed by atoms with Crippen LogP contribution in [-0.4, -0.2) is 69.4 Å². The van der Waals surface area contributed by atoms with Gasteiger partial charge in [0.25, 0.3) is 11.8 Å². The Balaban J connectivity index is 2.41. The predicted molar refractivity (Wildman–Crippen MR) is 148 cm³/mol. The van der Waals surface area contributed by atoms with Crippen LogP contribution in [-0.2, 0) is 44.1 Å². The van der Waals surface area contributed by atoms with Crippen LogP contribution in [0.3, 0.4) is 0 Å². The molecule has 0 fully saturated rings. The summed E-state index contributed by atoms with van der Waals surface area (Å²) in [6.45, 7) is 13.8. The van der Waals surface area contributed by atoms with E-state index in [0.29, 0.717) is 10.5 Å². The fourth-order valence-electron chi connectivity index (χ4n) is 3.38. The smallest absolute Gasteiger partial charge is 0.412 e. The lowest BCUT2D eigenvalue weighted by Gasteiger charge is -2.37. The molecule has 1 heterocycles. The summed E-state index contributed by atoms with van der Waals surface area (Å²) in [5.41, 5.74) is -1.09. The minimum Gasteiger partial charge on any atom is -0.459 e. The van der Waals surface area contributed by atoms with E-state index in [2.05, 4.69) is 0 Å². The van der Waals surface area contributed by atoms with E-state index in [1.54, 1.807) is 92.6 Å². The van der Waals surface area contributed by atoms with Gasteiger partial charge in [-0.2, -0.15) is 0 Å². The molecule has 1 aromatic carbocycles. The van der Waals surface area contributed by atoms with Crippen LogP contribution >= 0.6 is 7.60 Å². The number of hydrogen-bond acceptors (Lipinski definition) is 9. The third-order valence-corrected chi connectivity index (χ3v) is 8.18. The lowest BCUT2D eigenvalue weighted by molar-refractivity contribution is -0.159. The van der Waals surface area contributed by atoms with E-state index in [9.17, 15) is 23.7 Å². The predicted octanol–water partition coefficient (Wildman–Crippen LogP) is 5.04. The van der Waals surface area contributed by atoms with E-state index < -0.39 is 67.1 Å². The van der Waals surface area contributed by atoms with Crippen molar-refractivity contribution in [2.24, 2.45) is 0 Å². The minimum atomic E-state index is -3.86. The summed E-state index contributed by atoms with van der Waals surface area (Å²) >= 11 is 0. The maximum Gasteiger partial charge on any atom is 0.412 e. The van der Waals surface area contributed by atoms with E-state index >= 15 is 0 Å². The fourth-order valence-corrected chi connectivity index (χ4v) is 5.11. The fraction of sp³-hybridized carbons (Fsp3) is 0.571. The van der Waals surface area contributed by atoms with Gasteiger partial charge in [-0.3, -0.25) is 28.5 Å². The zero-order valence-electron chi connectivity index (χ0n) is 24.8. The van der Waals surface area contributed by atoms with Gasteiger partial charge in [-0.1, -0.05) is 30.3 Å². The molecule has 3 amide bonds. The third kappa shape index (κ3) is 9.57. The SMILES string of the molecule is CC(C)(C)OC(=O)N(COP(=O)(OC(C)(C)C)C(C)(C)C)C[C@@H](C(=O)OCc1ccccc1)N1C(=O)C=CC1=O. The van der Waals surface area contributed by atoms with Crippen LogP contribution in [0.4, 0.5) is 4.79 Å². The van der Waals surface area contributed by atoms with Gasteiger partial charge in [-0.25, -0.2) is 9.59 Å². The first-order valence-corrected chi connectivity index (χ1v) is 14.5. The molecule has 0 aliphatic carbocycles. The summed E-state index contributed by atoms with van der Waals surface area (Å²) in [6.07, 6.45) is 1.13. The van der Waals surface area contributed by atoms with Crippen LogP contribution in [0.1, 0.15) is 67.9 Å². The molecule has 1 unspecified atom stereocenters. The monoisotopic (exact) mass is 580 g/mol. The van der Waals surface area contributed by atoms with Gasteiger partial charge in [0.05, 0.1) is 17.3 Å². The normalized spacial score (nSPS) is 16.5. The highest BCUT2D eigenvalue weighted by Crippen LogP contribution is 2.61. The highest BCUT2D eigenvalue weighted by Gasteiger charge is 2.45. The van der Waals surface area contributed by atoms with Gasteiger partial charge in [0.1, 0.15) is 18.9 Å². The number of carbonyl (C=O) groups excluding carboxylic acids is 4. The average Bonchev–Trinajstić information content (AvgIpc) is 3.13. The molecule has 222 valence electrons. The number of hydrogen-bond donors (Lipinski definition) is 0. The summed E-state index contributed by atoms with van der Waals surface area (Å²) in [5, 5.41) is -0.974. The Bertz CT molecular complexity index is 1140. The van der Waals surface area contributed by atoms with E-state index in [1.807, 2.05) is 0 Å². The molecular weight excluding hydrogens is 539 g/mol. The van der Waals surface area contributed by atoms with E-state index in [1.165, 1.54) is 0 Å². The quantitative estimate of drug-likeness (QED) is 0.162. The van der Waals surface area contributed by atoms with Crippen molar-refractivity contribution in [1.29, 1.82) is 0 Å². The van der Waals surface area contributed by atoms with Gasteiger partial charge >= 0.3 is 19.7 Å². The van der Waals surface area contributed by atoms with Crippen molar-refractivity contribution < 1.29 is 42.3 Å². The van der Waals surface area contributed by atoms with Crippen molar-refractivity contribution in [2.45, 2.75) is 91.3 Å². The van der Waals surface area contributed by atoms with Crippen molar-refractivity contribution in [2.75, 3.05) is 13.3 Å². The first-order valence-electron chi connectivity index (χ1n) is 12.9. The van der Waals surface area contributed by atoms with Gasteiger partial charge in [0.2, 0.25) is 0 Å². The zero-order chi connectivity index (χ0) is 30.5. The Hall–Kier alpha value is -3.01. The maximum atomic E-state index is 13.9. The van der Waals surface area contributed by atoms with Crippen molar-refractivity contribution in [3.8, 4) is 0 Å². The van der Waals surface area contributed by atoms with Crippen LogP contribution in [0.5, 0.6) is 0 Å². The number of nitrogens with zero attached hydrogens (tertiary/aromatic N) is 2. The first-order chi connectivity index (χ1) is 18.2. The van der Waals surface area contributed by atoms with E-state index in [-0.39, 0.29) is 6.61 Å². The van der Waals surface area contributed by atoms with Gasteiger partial charge in [-0.05, 0) is 67.9 Å². The molecule has 0 radical (unpaired) electrons. The Morgan fingerprint density at radius 1 is 0.900 bits per heavy atom. The van der Waals surface area contributed by atoms with Gasteiger partial charge in [-0.15, -0.1) is 0 Å². The number of imide groups is 1. The number of benzene rings is 1. The Labute approximate surface area is 236 Å². The summed E-state index contributed by atoms with van der Waals surface area (Å²) in [5.74, 6) is -2.41. The van der Waals surface area contributed by atoms with Gasteiger partial charge < -0.3 is 14.0 Å². The summed E-state index contributed by atoms with van der Waals surface area (Å²) < 4.78 is 36.4. The van der Waals surface area contributed by atoms with Crippen molar-refractivity contribution in [3.05, 3.63) is 48.0 Å². The molecule has 2 rings (SSSR count). The van der Waals surface area contributed by atoms with Crippen LogP contribution in [0, 0.1) is 0 Å². The summed E-state index contributed by atoms with van der Waals surface area (Å²) in [6, 6.07) is 7.30. The Morgan fingerprint density at radius 3 is 1.93 bits per heavy atom. The largest absolute Gasteiger partial charge is 0.459 e. The number of ether oxygens (including phenoxy) is 2. The molecule has 1 aliphatic heterocycles. The van der Waals surface area contributed by atoms with Crippen molar-refractivity contribution in [3.63, 3.8) is 0 Å². The third-order valence-electron chi connectivity index (χ3n) is 5.30. The summed E-state index contributed by atoms with van der Waals surface area (Å²) in [7, 11) is -3.86. The molecule has 11 nitrogen and oxygen atoms in total. The second-order valence-corrected chi connectivity index (χ2v) is 15.1. The average molecular weight is 581 g/mol. The molecule has 0 saturated carbocycles. The molecule has 1 aliphatic rings. The molecule has 0 bridgehead atoms.